The Morgan fingerprint density at radius 2 is 0.698 bits per heavy atom. The molecule has 254 valence electrons. The maximum atomic E-state index is 11.0. The van der Waals surface area contributed by atoms with Crippen LogP contribution in [-0.4, -0.2) is 54.7 Å². The number of carbonyl (C=O) groups is 2. The second-order valence-electron chi connectivity index (χ2n) is 12.6. The molecule has 0 saturated heterocycles. The first-order chi connectivity index (χ1) is 20.5. The molecule has 0 heterocycles. The molecule has 0 aromatic rings. The van der Waals surface area contributed by atoms with E-state index in [4.69, 9.17) is 10.8 Å². The molecule has 0 atom stereocenters. The summed E-state index contributed by atoms with van der Waals surface area (Å²) >= 11 is 0. The molecule has 0 aromatic carbocycles. The van der Waals surface area contributed by atoms with Crippen molar-refractivity contribution in [2.75, 3.05) is 0 Å². The van der Waals surface area contributed by atoms with Gasteiger partial charge in [-0.2, -0.15) is 0 Å². The zero-order chi connectivity index (χ0) is 31.4. The van der Waals surface area contributed by atoms with E-state index in [-0.39, 0.29) is 43.6 Å². The average Bonchev–Trinajstić information content (AvgIpc) is 2.97. The molecule has 0 unspecified atom stereocenters. The third kappa shape index (κ3) is 44.1. The van der Waals surface area contributed by atoms with Crippen molar-refractivity contribution in [3.8, 4) is 0 Å². The summed E-state index contributed by atoms with van der Waals surface area (Å²) in [7, 11) is 0. The third-order valence-electron chi connectivity index (χ3n) is 8.46. The quantitative estimate of drug-likeness (QED) is 0.0438. The van der Waals surface area contributed by atoms with Gasteiger partial charge in [-0.15, -0.1) is 0 Å². The van der Waals surface area contributed by atoms with Crippen molar-refractivity contribution in [3.05, 3.63) is 11.6 Å². The Morgan fingerprint density at radius 1 is 0.465 bits per heavy atom. The van der Waals surface area contributed by atoms with Crippen LogP contribution in [-0.2, 0) is 9.59 Å². The van der Waals surface area contributed by atoms with Crippen LogP contribution in [0.2, 0.25) is 0 Å². The van der Waals surface area contributed by atoms with Crippen LogP contribution in [0, 0.1) is 0 Å². The van der Waals surface area contributed by atoms with E-state index < -0.39 is 5.97 Å². The van der Waals surface area contributed by atoms with Crippen LogP contribution in [0.5, 0.6) is 0 Å². The molecule has 0 aliphatic carbocycles. The minimum atomic E-state index is -0.653. The van der Waals surface area contributed by atoms with Crippen molar-refractivity contribution < 1.29 is 14.7 Å². The molecule has 0 aliphatic rings. The van der Waals surface area contributed by atoms with E-state index in [0.29, 0.717) is 6.42 Å². The fourth-order valence-corrected chi connectivity index (χ4v) is 5.57. The Bertz CT molecular complexity index is 594. The number of carboxylic acids is 1. The van der Waals surface area contributed by atoms with Gasteiger partial charge < -0.3 is 10.8 Å². The molecule has 0 rings (SSSR count). The maximum absolute atomic E-state index is 11.0. The molecule has 5 heteroatoms. The molecule has 0 radical (unpaired) electrons. The first-order valence-corrected chi connectivity index (χ1v) is 18.7. The van der Waals surface area contributed by atoms with Crippen LogP contribution in [0.15, 0.2) is 11.6 Å². The third-order valence-corrected chi connectivity index (χ3v) is 8.46. The fraction of sp³-hybridized carbons (Fsp3) is 0.895. The number of aliphatic carboxylic acids is 1. The summed E-state index contributed by atoms with van der Waals surface area (Å²) in [6, 6.07) is 0. The Hall–Kier alpha value is -0.0603. The molecule has 0 aliphatic heterocycles. The van der Waals surface area contributed by atoms with E-state index in [9.17, 15) is 9.59 Å². The Labute approximate surface area is 299 Å². The van der Waals surface area contributed by atoms with Crippen LogP contribution in [0.4, 0.5) is 0 Å². The molecule has 0 saturated carbocycles. The molecule has 0 bridgehead atoms. The van der Waals surface area contributed by atoms with Gasteiger partial charge in [-0.05, 0) is 26.2 Å². The van der Waals surface area contributed by atoms with Crippen LogP contribution in [0.1, 0.15) is 220 Å². The monoisotopic (exact) mass is 636 g/mol. The standard InChI is InChI=1S/C20H39NO.C18H36O2.Ca.2H/c1-3-5-6-7-8-9-10-11-12-13-14-15-16-17-18-19(4-2)20(21)22;1-2-3-4-5-6-7-8-9-10-11-12-13-14-15-16-17-18(19)20;;;/h4H,3,5-18H2,1-2H3,(H2,21,22);2-17H2,1H3,(H,19,20);;;. The zero-order valence-electron chi connectivity index (χ0n) is 28.8. The summed E-state index contributed by atoms with van der Waals surface area (Å²) in [6.07, 6.45) is 42.0. The Kier molecular flexibility index (Phi) is 46.2. The van der Waals surface area contributed by atoms with Gasteiger partial charge in [-0.1, -0.05) is 193 Å². The van der Waals surface area contributed by atoms with Crippen LogP contribution in [0.3, 0.4) is 0 Å². The van der Waals surface area contributed by atoms with Gasteiger partial charge in [0.05, 0.1) is 0 Å². The molecular formula is C38H77CaNO3. The number of allylic oxidation sites excluding steroid dienone is 1. The second kappa shape index (κ2) is 41.9. The first-order valence-electron chi connectivity index (χ1n) is 18.7. The normalized spacial score (nSPS) is 11.1. The summed E-state index contributed by atoms with van der Waals surface area (Å²) < 4.78 is 0. The van der Waals surface area contributed by atoms with Crippen molar-refractivity contribution in [3.63, 3.8) is 0 Å². The number of carbonyl (C=O) groups excluding carboxylic acids is 1. The molecule has 1 amide bonds. The van der Waals surface area contributed by atoms with Gasteiger partial charge in [0, 0.05) is 12.0 Å². The predicted octanol–water partition coefficient (Wildman–Crippen LogP) is 11.7. The van der Waals surface area contributed by atoms with Crippen molar-refractivity contribution in [1.29, 1.82) is 0 Å². The van der Waals surface area contributed by atoms with E-state index in [0.717, 1.165) is 31.3 Å². The van der Waals surface area contributed by atoms with Gasteiger partial charge in [-0.25, -0.2) is 0 Å². The van der Waals surface area contributed by atoms with E-state index in [2.05, 4.69) is 13.8 Å². The first kappa shape index (κ1) is 47.3. The SMILES string of the molecule is CC=C(CCCCCCCCCCCCCCCC)C(N)=O.CCCCCCCCCCCCCCCCCC(=O)O.[CaH2]. The van der Waals surface area contributed by atoms with Crippen LogP contribution in [0.25, 0.3) is 0 Å². The topological polar surface area (TPSA) is 80.4 Å². The van der Waals surface area contributed by atoms with Gasteiger partial charge in [0.1, 0.15) is 0 Å². The van der Waals surface area contributed by atoms with Gasteiger partial charge in [0.25, 0.3) is 0 Å². The summed E-state index contributed by atoms with van der Waals surface area (Å²) in [4.78, 5) is 21.4. The number of nitrogens with two attached hydrogens (primary N) is 1. The molecule has 0 aromatic heterocycles. The molecule has 0 spiro atoms. The summed E-state index contributed by atoms with van der Waals surface area (Å²) in [5, 5.41) is 8.52. The number of primary amides is 1. The van der Waals surface area contributed by atoms with Gasteiger partial charge in [-0.3, -0.25) is 9.59 Å². The van der Waals surface area contributed by atoms with Crippen LogP contribution >= 0.6 is 0 Å². The average molecular weight is 636 g/mol. The van der Waals surface area contributed by atoms with Crippen molar-refractivity contribution >= 4 is 49.6 Å². The molecule has 0 fully saturated rings. The molecule has 3 N–H and O–H groups in total. The van der Waals surface area contributed by atoms with Gasteiger partial charge in [0.2, 0.25) is 5.91 Å². The number of unbranched alkanes of at least 4 members (excludes halogenated alkanes) is 27. The predicted molar refractivity (Wildman–Crippen MR) is 194 cm³/mol. The molecule has 43 heavy (non-hydrogen) atoms. The number of rotatable bonds is 32. The van der Waals surface area contributed by atoms with Crippen molar-refractivity contribution in [1.82, 2.24) is 0 Å². The van der Waals surface area contributed by atoms with Crippen molar-refractivity contribution in [2.45, 2.75) is 220 Å². The van der Waals surface area contributed by atoms with E-state index in [1.807, 2.05) is 13.0 Å². The van der Waals surface area contributed by atoms with Gasteiger partial charge >= 0.3 is 43.7 Å². The minimum absolute atomic E-state index is 0. The van der Waals surface area contributed by atoms with Gasteiger partial charge in [0.15, 0.2) is 0 Å². The summed E-state index contributed by atoms with van der Waals surface area (Å²) in [6.45, 7) is 6.44. The number of hydrogen-bond donors (Lipinski definition) is 2. The summed E-state index contributed by atoms with van der Waals surface area (Å²) in [5.41, 5.74) is 6.08. The molecular weight excluding hydrogens is 559 g/mol. The zero-order valence-corrected chi connectivity index (χ0v) is 28.8. The van der Waals surface area contributed by atoms with E-state index in [1.165, 1.54) is 167 Å². The molecule has 4 nitrogen and oxygen atoms in total. The van der Waals surface area contributed by atoms with E-state index in [1.54, 1.807) is 0 Å². The second-order valence-corrected chi connectivity index (χ2v) is 12.6. The number of amides is 1. The van der Waals surface area contributed by atoms with Crippen molar-refractivity contribution in [2.24, 2.45) is 5.73 Å². The Morgan fingerprint density at radius 3 is 0.907 bits per heavy atom. The number of carboxylic acid groups (broad SMARTS) is 1. The van der Waals surface area contributed by atoms with E-state index >= 15 is 0 Å². The van der Waals surface area contributed by atoms with Crippen LogP contribution < -0.4 is 5.73 Å². The summed E-state index contributed by atoms with van der Waals surface area (Å²) in [5.74, 6) is -0.906. The number of hydrogen-bond acceptors (Lipinski definition) is 2. The Balaban J connectivity index is -0.000000730. The fourth-order valence-electron chi connectivity index (χ4n) is 5.57.